The molecule has 0 aliphatic carbocycles. The average molecular weight is 394 g/mol. The second-order valence-corrected chi connectivity index (χ2v) is 7.72. The van der Waals surface area contributed by atoms with Crippen LogP contribution >= 0.6 is 0 Å². The van der Waals surface area contributed by atoms with E-state index in [0.29, 0.717) is 6.42 Å². The van der Waals surface area contributed by atoms with Crippen molar-refractivity contribution in [2.45, 2.75) is 83.1 Å². The van der Waals surface area contributed by atoms with Gasteiger partial charge in [0, 0.05) is 6.92 Å². The molecule has 0 saturated heterocycles. The molecule has 0 bridgehead atoms. The van der Waals surface area contributed by atoms with E-state index in [1.54, 1.807) is 0 Å². The van der Waals surface area contributed by atoms with E-state index in [4.69, 9.17) is 4.74 Å². The summed E-state index contributed by atoms with van der Waals surface area (Å²) in [6.07, 6.45) is 12.4. The standard InChI is InChI=1S/C23H39NO4/c1-21(27)24-23(19-25,20-26)17-13-8-6-4-2-3-5-7-9-14-18-28-22-15-11-10-12-16-22/h10-12,15-16,25-26H,2-9,13-14,17-20H2,1H3,(H,24,27). The van der Waals surface area contributed by atoms with Gasteiger partial charge in [0.15, 0.2) is 0 Å². The van der Waals surface area contributed by atoms with Gasteiger partial charge in [0.25, 0.3) is 0 Å². The molecule has 1 rings (SSSR count). The molecule has 0 aromatic heterocycles. The van der Waals surface area contributed by atoms with Gasteiger partial charge in [-0.15, -0.1) is 0 Å². The van der Waals surface area contributed by atoms with Gasteiger partial charge >= 0.3 is 0 Å². The van der Waals surface area contributed by atoms with Gasteiger partial charge in [-0.2, -0.15) is 0 Å². The number of aliphatic hydroxyl groups excluding tert-OH is 2. The molecule has 0 unspecified atom stereocenters. The van der Waals surface area contributed by atoms with Crippen molar-refractivity contribution >= 4 is 5.91 Å². The molecule has 28 heavy (non-hydrogen) atoms. The van der Waals surface area contributed by atoms with Crippen molar-refractivity contribution in [1.82, 2.24) is 5.32 Å². The predicted octanol–water partition coefficient (Wildman–Crippen LogP) is 4.22. The SMILES string of the molecule is CC(=O)NC(CO)(CO)CCCCCCCCCCCCOc1ccccc1. The molecule has 0 heterocycles. The van der Waals surface area contributed by atoms with E-state index in [1.165, 1.54) is 45.4 Å². The van der Waals surface area contributed by atoms with E-state index in [1.807, 2.05) is 30.3 Å². The average Bonchev–Trinajstić information content (AvgIpc) is 2.71. The summed E-state index contributed by atoms with van der Waals surface area (Å²) in [4.78, 5) is 11.2. The fourth-order valence-corrected chi connectivity index (χ4v) is 3.41. The molecule has 0 aliphatic heterocycles. The Morgan fingerprint density at radius 1 is 0.857 bits per heavy atom. The molecule has 0 radical (unpaired) electrons. The van der Waals surface area contributed by atoms with Crippen molar-refractivity contribution < 1.29 is 19.7 Å². The Balaban J connectivity index is 1.90. The van der Waals surface area contributed by atoms with Gasteiger partial charge in [0.1, 0.15) is 5.75 Å². The van der Waals surface area contributed by atoms with E-state index < -0.39 is 5.54 Å². The lowest BCUT2D eigenvalue weighted by Crippen LogP contribution is -2.53. The first-order valence-electron chi connectivity index (χ1n) is 10.8. The van der Waals surface area contributed by atoms with Crippen LogP contribution in [0.15, 0.2) is 30.3 Å². The minimum Gasteiger partial charge on any atom is -0.494 e. The Kier molecular flexibility index (Phi) is 13.4. The minimum absolute atomic E-state index is 0.213. The number of amides is 1. The highest BCUT2D eigenvalue weighted by molar-refractivity contribution is 5.73. The lowest BCUT2D eigenvalue weighted by atomic mass is 9.93. The van der Waals surface area contributed by atoms with Crippen molar-refractivity contribution in [3.8, 4) is 5.75 Å². The molecule has 0 fully saturated rings. The third-order valence-corrected chi connectivity index (χ3v) is 5.11. The van der Waals surface area contributed by atoms with Crippen LogP contribution in [-0.2, 0) is 4.79 Å². The highest BCUT2D eigenvalue weighted by Gasteiger charge is 2.28. The number of ether oxygens (including phenoxy) is 1. The van der Waals surface area contributed by atoms with Gasteiger partial charge in [-0.3, -0.25) is 4.79 Å². The maximum Gasteiger partial charge on any atom is 0.217 e. The Labute approximate surface area is 170 Å². The Bertz CT molecular complexity index is 503. The van der Waals surface area contributed by atoms with Crippen LogP contribution in [0, 0.1) is 0 Å². The number of unbranched alkanes of at least 4 members (excludes halogenated alkanes) is 9. The summed E-state index contributed by atoms with van der Waals surface area (Å²) < 4.78 is 5.70. The molecular weight excluding hydrogens is 354 g/mol. The zero-order valence-corrected chi connectivity index (χ0v) is 17.5. The van der Waals surface area contributed by atoms with E-state index in [0.717, 1.165) is 38.0 Å². The number of carbonyl (C=O) groups is 1. The quantitative estimate of drug-likeness (QED) is 0.346. The van der Waals surface area contributed by atoms with Crippen molar-refractivity contribution in [1.29, 1.82) is 0 Å². The molecule has 1 amide bonds. The number of hydrogen-bond acceptors (Lipinski definition) is 4. The van der Waals surface area contributed by atoms with Crippen molar-refractivity contribution in [3.05, 3.63) is 30.3 Å². The first-order valence-corrected chi connectivity index (χ1v) is 10.8. The van der Waals surface area contributed by atoms with Gasteiger partial charge in [0.2, 0.25) is 5.91 Å². The van der Waals surface area contributed by atoms with E-state index >= 15 is 0 Å². The highest BCUT2D eigenvalue weighted by Crippen LogP contribution is 2.17. The maximum atomic E-state index is 11.2. The van der Waals surface area contributed by atoms with Crippen molar-refractivity contribution in [3.63, 3.8) is 0 Å². The van der Waals surface area contributed by atoms with Gasteiger partial charge < -0.3 is 20.3 Å². The molecule has 5 nitrogen and oxygen atoms in total. The monoisotopic (exact) mass is 393 g/mol. The summed E-state index contributed by atoms with van der Waals surface area (Å²) in [7, 11) is 0. The second-order valence-electron chi connectivity index (χ2n) is 7.72. The first kappa shape index (κ1) is 24.4. The van der Waals surface area contributed by atoms with Gasteiger partial charge in [0.05, 0.1) is 25.4 Å². The molecule has 0 spiro atoms. The number of rotatable bonds is 17. The molecule has 1 aromatic rings. The molecule has 0 atom stereocenters. The molecule has 160 valence electrons. The smallest absolute Gasteiger partial charge is 0.217 e. The number of carbonyl (C=O) groups excluding carboxylic acids is 1. The maximum absolute atomic E-state index is 11.2. The zero-order valence-electron chi connectivity index (χ0n) is 17.5. The van der Waals surface area contributed by atoms with E-state index in [9.17, 15) is 15.0 Å². The highest BCUT2D eigenvalue weighted by atomic mass is 16.5. The van der Waals surface area contributed by atoms with Crippen LogP contribution < -0.4 is 10.1 Å². The molecule has 1 aromatic carbocycles. The Hall–Kier alpha value is -1.59. The molecule has 0 saturated carbocycles. The first-order chi connectivity index (χ1) is 13.6. The van der Waals surface area contributed by atoms with Crippen LogP contribution in [0.25, 0.3) is 0 Å². The number of aliphatic hydroxyl groups is 2. The number of hydrogen-bond donors (Lipinski definition) is 3. The fraction of sp³-hybridized carbons (Fsp3) is 0.696. The van der Waals surface area contributed by atoms with Crippen LogP contribution in [0.4, 0.5) is 0 Å². The van der Waals surface area contributed by atoms with E-state index in [2.05, 4.69) is 5.32 Å². The van der Waals surface area contributed by atoms with Crippen LogP contribution in [0.5, 0.6) is 5.75 Å². The third kappa shape index (κ3) is 11.3. The van der Waals surface area contributed by atoms with Crippen LogP contribution in [0.3, 0.4) is 0 Å². The van der Waals surface area contributed by atoms with Gasteiger partial charge in [-0.1, -0.05) is 76.0 Å². The van der Waals surface area contributed by atoms with Crippen LogP contribution in [0.1, 0.15) is 77.6 Å². The number of para-hydroxylation sites is 1. The lowest BCUT2D eigenvalue weighted by molar-refractivity contribution is -0.122. The zero-order chi connectivity index (χ0) is 20.5. The summed E-state index contributed by atoms with van der Waals surface area (Å²) in [5.74, 6) is 0.740. The molecule has 5 heteroatoms. The van der Waals surface area contributed by atoms with E-state index in [-0.39, 0.29) is 19.1 Å². The van der Waals surface area contributed by atoms with Crippen LogP contribution in [-0.4, -0.2) is 41.5 Å². The minimum atomic E-state index is -0.865. The fourth-order valence-electron chi connectivity index (χ4n) is 3.41. The van der Waals surface area contributed by atoms with Crippen LogP contribution in [0.2, 0.25) is 0 Å². The predicted molar refractivity (Wildman–Crippen MR) is 113 cm³/mol. The normalized spacial score (nSPS) is 11.4. The summed E-state index contributed by atoms with van der Waals surface area (Å²) in [5.41, 5.74) is -0.865. The van der Waals surface area contributed by atoms with Gasteiger partial charge in [-0.05, 0) is 25.0 Å². The summed E-state index contributed by atoms with van der Waals surface area (Å²) in [6.45, 7) is 1.76. The Morgan fingerprint density at radius 2 is 1.36 bits per heavy atom. The molecule has 0 aliphatic rings. The summed E-state index contributed by atoms with van der Waals surface area (Å²) >= 11 is 0. The third-order valence-electron chi connectivity index (χ3n) is 5.11. The number of nitrogens with one attached hydrogen (secondary N) is 1. The lowest BCUT2D eigenvalue weighted by Gasteiger charge is -2.30. The molecule has 3 N–H and O–H groups in total. The topological polar surface area (TPSA) is 78.8 Å². The van der Waals surface area contributed by atoms with Crippen molar-refractivity contribution in [2.24, 2.45) is 0 Å². The largest absolute Gasteiger partial charge is 0.494 e. The van der Waals surface area contributed by atoms with Crippen molar-refractivity contribution in [2.75, 3.05) is 19.8 Å². The number of benzene rings is 1. The summed E-state index contributed by atoms with van der Waals surface area (Å²) in [5, 5.41) is 21.6. The second kappa shape index (κ2) is 15.3. The Morgan fingerprint density at radius 3 is 1.86 bits per heavy atom. The molecular formula is C23H39NO4. The summed E-state index contributed by atoms with van der Waals surface area (Å²) in [6, 6.07) is 9.97. The van der Waals surface area contributed by atoms with Gasteiger partial charge in [-0.25, -0.2) is 0 Å².